The number of aliphatic hydroxyl groups excluding tert-OH is 1. The Balaban J connectivity index is 1.86. The second-order valence-electron chi connectivity index (χ2n) is 8.36. The van der Waals surface area contributed by atoms with E-state index in [1.54, 1.807) is 29.8 Å². The molecule has 0 radical (unpaired) electrons. The van der Waals surface area contributed by atoms with E-state index in [0.717, 1.165) is 5.69 Å². The van der Waals surface area contributed by atoms with E-state index in [-0.39, 0.29) is 11.3 Å². The van der Waals surface area contributed by atoms with Crippen LogP contribution >= 0.6 is 23.2 Å². The molecule has 1 saturated heterocycles. The highest BCUT2D eigenvalue weighted by Crippen LogP contribution is 2.41. The number of nitrogens with zero attached hydrogens (tertiary/aromatic N) is 4. The molecule has 1 aliphatic rings. The molecule has 34 heavy (non-hydrogen) atoms. The average Bonchev–Trinajstić information content (AvgIpc) is 3.32. The van der Waals surface area contributed by atoms with Gasteiger partial charge in [0, 0.05) is 13.1 Å². The molecular weight excluding hydrogens is 475 g/mol. The maximum atomic E-state index is 13.2. The van der Waals surface area contributed by atoms with E-state index in [2.05, 4.69) is 5.10 Å². The number of halogens is 2. The number of benzene rings is 2. The first-order valence-electron chi connectivity index (χ1n) is 10.7. The highest BCUT2D eigenvalue weighted by molar-refractivity contribution is 6.47. The summed E-state index contributed by atoms with van der Waals surface area (Å²) in [6.07, 6.45) is 1.50. The van der Waals surface area contributed by atoms with Crippen LogP contribution in [0.2, 0.25) is 10.0 Å². The Bertz CT molecular complexity index is 1280. The zero-order chi connectivity index (χ0) is 24.6. The summed E-state index contributed by atoms with van der Waals surface area (Å²) >= 11 is 12.4. The molecule has 0 aliphatic carbocycles. The minimum atomic E-state index is -0.811. The van der Waals surface area contributed by atoms with E-state index in [1.807, 2.05) is 49.3 Å². The quantitative estimate of drug-likeness (QED) is 0.308. The number of Topliss-reactive ketones (excluding diaryl/α,β-unsaturated/α-hetero) is 1. The third-order valence-electron chi connectivity index (χ3n) is 5.85. The molecule has 1 aromatic heterocycles. The fourth-order valence-corrected chi connectivity index (χ4v) is 4.37. The van der Waals surface area contributed by atoms with Crippen LogP contribution < -0.4 is 0 Å². The third kappa shape index (κ3) is 4.34. The van der Waals surface area contributed by atoms with Gasteiger partial charge in [0.25, 0.3) is 11.7 Å². The first-order valence-corrected chi connectivity index (χ1v) is 11.4. The van der Waals surface area contributed by atoms with Crippen LogP contribution in [0.1, 0.15) is 22.9 Å². The van der Waals surface area contributed by atoms with E-state index in [9.17, 15) is 14.7 Å². The molecule has 1 aliphatic heterocycles. The Labute approximate surface area is 207 Å². The molecule has 2 heterocycles. The molecule has 3 aromatic rings. The van der Waals surface area contributed by atoms with Crippen LogP contribution in [0.3, 0.4) is 0 Å². The van der Waals surface area contributed by atoms with Gasteiger partial charge in [-0.3, -0.25) is 9.59 Å². The van der Waals surface area contributed by atoms with Crippen molar-refractivity contribution in [1.82, 2.24) is 19.6 Å². The summed E-state index contributed by atoms with van der Waals surface area (Å²) in [6.45, 7) is 2.63. The Morgan fingerprint density at radius 1 is 1.09 bits per heavy atom. The molecule has 7 nitrogen and oxygen atoms in total. The molecule has 2 aromatic carbocycles. The number of rotatable bonds is 6. The Morgan fingerprint density at radius 3 is 2.44 bits per heavy atom. The van der Waals surface area contributed by atoms with Gasteiger partial charge in [-0.05, 0) is 50.8 Å². The van der Waals surface area contributed by atoms with Gasteiger partial charge in [0.1, 0.15) is 5.76 Å². The van der Waals surface area contributed by atoms with Crippen molar-refractivity contribution in [3.63, 3.8) is 0 Å². The van der Waals surface area contributed by atoms with Crippen molar-refractivity contribution in [3.05, 3.63) is 87.2 Å². The molecule has 1 N–H and O–H groups in total. The van der Waals surface area contributed by atoms with Crippen molar-refractivity contribution in [1.29, 1.82) is 0 Å². The zero-order valence-corrected chi connectivity index (χ0v) is 20.5. The van der Waals surface area contributed by atoms with Gasteiger partial charge in [0.2, 0.25) is 0 Å². The van der Waals surface area contributed by atoms with Crippen molar-refractivity contribution >= 4 is 40.7 Å². The molecule has 1 atom stereocenters. The minimum Gasteiger partial charge on any atom is -0.507 e. The monoisotopic (exact) mass is 498 g/mol. The highest BCUT2D eigenvalue weighted by Gasteiger charge is 2.46. The summed E-state index contributed by atoms with van der Waals surface area (Å²) in [5.41, 5.74) is 2.40. The second-order valence-corrected chi connectivity index (χ2v) is 9.17. The van der Waals surface area contributed by atoms with Gasteiger partial charge in [-0.1, -0.05) is 47.5 Å². The average molecular weight is 499 g/mol. The Morgan fingerprint density at radius 2 is 1.79 bits per heavy atom. The summed E-state index contributed by atoms with van der Waals surface area (Å²) in [5, 5.41) is 16.4. The lowest BCUT2D eigenvalue weighted by Crippen LogP contribution is -2.35. The lowest BCUT2D eigenvalue weighted by Gasteiger charge is -2.26. The van der Waals surface area contributed by atoms with E-state index in [1.165, 1.54) is 11.1 Å². The second kappa shape index (κ2) is 9.62. The number of ketones is 1. The lowest BCUT2D eigenvalue weighted by molar-refractivity contribution is -0.140. The summed E-state index contributed by atoms with van der Waals surface area (Å²) in [5.74, 6) is -1.70. The smallest absolute Gasteiger partial charge is 0.295 e. The molecule has 1 unspecified atom stereocenters. The summed E-state index contributed by atoms with van der Waals surface area (Å²) in [4.78, 5) is 29.6. The van der Waals surface area contributed by atoms with Crippen molar-refractivity contribution in [2.75, 3.05) is 27.2 Å². The van der Waals surface area contributed by atoms with E-state index in [4.69, 9.17) is 23.2 Å². The number of likely N-dealkylation sites (tertiary alicyclic amines) is 1. The standard InChI is InChI=1S/C25H24Cl2N4O3/c1-15-18(14-28-31(15)17-7-5-4-6-8-17)23(32)21-22(16-9-10-19(26)20(27)13-16)30(12-11-29(2)3)25(34)24(21)33/h4-10,13-14,22,32H,11-12H2,1-3H3/b23-21+. The van der Waals surface area contributed by atoms with Crippen LogP contribution in [0.25, 0.3) is 11.4 Å². The summed E-state index contributed by atoms with van der Waals surface area (Å²) in [7, 11) is 3.76. The number of hydrogen-bond acceptors (Lipinski definition) is 5. The van der Waals surface area contributed by atoms with Crippen LogP contribution in [0, 0.1) is 6.92 Å². The van der Waals surface area contributed by atoms with Crippen LogP contribution in [-0.4, -0.2) is 63.6 Å². The molecule has 0 spiro atoms. The number of carbonyl (C=O) groups excluding carboxylic acids is 2. The molecule has 1 fully saturated rings. The number of hydrogen-bond donors (Lipinski definition) is 1. The van der Waals surface area contributed by atoms with Crippen LogP contribution in [0.15, 0.2) is 60.3 Å². The van der Waals surface area contributed by atoms with Crippen molar-refractivity contribution in [3.8, 4) is 5.69 Å². The van der Waals surface area contributed by atoms with Crippen molar-refractivity contribution < 1.29 is 14.7 Å². The first kappa shape index (κ1) is 24.0. The van der Waals surface area contributed by atoms with E-state index in [0.29, 0.717) is 40.0 Å². The van der Waals surface area contributed by atoms with Crippen molar-refractivity contribution in [2.45, 2.75) is 13.0 Å². The predicted octanol–water partition coefficient (Wildman–Crippen LogP) is 4.47. The molecule has 176 valence electrons. The number of carbonyl (C=O) groups is 2. The highest BCUT2D eigenvalue weighted by atomic mass is 35.5. The number of aromatic nitrogens is 2. The normalized spacial score (nSPS) is 17.7. The van der Waals surface area contributed by atoms with Crippen LogP contribution in [0.5, 0.6) is 0 Å². The predicted molar refractivity (Wildman–Crippen MR) is 132 cm³/mol. The van der Waals surface area contributed by atoms with Gasteiger partial charge in [0.05, 0.1) is 44.8 Å². The number of aliphatic hydroxyl groups is 1. The molecule has 9 heteroatoms. The van der Waals surface area contributed by atoms with Gasteiger partial charge in [-0.2, -0.15) is 5.10 Å². The fraction of sp³-hybridized carbons (Fsp3) is 0.240. The number of amides is 1. The van der Waals surface area contributed by atoms with Gasteiger partial charge in [-0.15, -0.1) is 0 Å². The van der Waals surface area contributed by atoms with Crippen molar-refractivity contribution in [2.24, 2.45) is 0 Å². The molecular formula is C25H24Cl2N4O3. The Kier molecular flexibility index (Phi) is 6.79. The zero-order valence-electron chi connectivity index (χ0n) is 19.0. The molecule has 1 amide bonds. The SMILES string of the molecule is Cc1c(/C(O)=C2\C(=O)C(=O)N(CCN(C)C)C2c2ccc(Cl)c(Cl)c2)cnn1-c1ccccc1. The topological polar surface area (TPSA) is 78.7 Å². The minimum absolute atomic E-state index is 0.00198. The van der Waals surface area contributed by atoms with Gasteiger partial charge in [-0.25, -0.2) is 4.68 Å². The maximum absolute atomic E-state index is 13.2. The maximum Gasteiger partial charge on any atom is 0.295 e. The fourth-order valence-electron chi connectivity index (χ4n) is 4.06. The third-order valence-corrected chi connectivity index (χ3v) is 6.59. The van der Waals surface area contributed by atoms with E-state index < -0.39 is 17.7 Å². The van der Waals surface area contributed by atoms with Gasteiger partial charge in [0.15, 0.2) is 0 Å². The molecule has 0 saturated carbocycles. The summed E-state index contributed by atoms with van der Waals surface area (Å²) < 4.78 is 1.67. The summed E-state index contributed by atoms with van der Waals surface area (Å²) in [6, 6.07) is 13.6. The largest absolute Gasteiger partial charge is 0.507 e. The molecule has 4 rings (SSSR count). The van der Waals surface area contributed by atoms with Crippen LogP contribution in [0.4, 0.5) is 0 Å². The first-order chi connectivity index (χ1) is 16.2. The van der Waals surface area contributed by atoms with Gasteiger partial charge < -0.3 is 14.9 Å². The Hall–Kier alpha value is -3.13. The lowest BCUT2D eigenvalue weighted by atomic mass is 9.95. The van der Waals surface area contributed by atoms with E-state index >= 15 is 0 Å². The van der Waals surface area contributed by atoms with Crippen LogP contribution in [-0.2, 0) is 9.59 Å². The number of likely N-dealkylation sites (N-methyl/N-ethyl adjacent to an activating group) is 1. The molecule has 0 bridgehead atoms. The number of para-hydroxylation sites is 1. The van der Waals surface area contributed by atoms with Gasteiger partial charge >= 0.3 is 0 Å².